The van der Waals surface area contributed by atoms with Gasteiger partial charge in [-0.25, -0.2) is 9.98 Å². The van der Waals surface area contributed by atoms with Crippen LogP contribution in [0.4, 0.5) is 0 Å². The summed E-state index contributed by atoms with van der Waals surface area (Å²) >= 11 is 5.75. The summed E-state index contributed by atoms with van der Waals surface area (Å²) in [7, 11) is 0. The van der Waals surface area contributed by atoms with Crippen molar-refractivity contribution in [3.63, 3.8) is 0 Å². The Bertz CT molecular complexity index is 566. The lowest BCUT2D eigenvalue weighted by Crippen LogP contribution is -2.01. The Hall–Kier alpha value is -1.87. The minimum Gasteiger partial charge on any atom is -0.475 e. The normalized spacial score (nSPS) is 18.3. The van der Waals surface area contributed by atoms with Gasteiger partial charge in [-0.3, -0.25) is 0 Å². The highest BCUT2D eigenvalue weighted by molar-refractivity contribution is 6.29. The highest BCUT2D eigenvalue weighted by Gasteiger charge is 2.21. The predicted octanol–water partition coefficient (Wildman–Crippen LogP) is 3.25. The van der Waals surface area contributed by atoms with E-state index in [4.69, 9.17) is 16.3 Å². The van der Waals surface area contributed by atoms with E-state index in [9.17, 15) is 0 Å². The SMILES string of the molecule is Clc1ccc(C2=N[C@@H](c3ccccc3)CO2)cn1. The molecular formula is C14H11ClN2O. The van der Waals surface area contributed by atoms with Gasteiger partial charge in [-0.15, -0.1) is 0 Å². The molecule has 1 aliphatic rings. The van der Waals surface area contributed by atoms with Crippen LogP contribution in [0.25, 0.3) is 0 Å². The number of aliphatic imine (C=N–C) groups is 1. The summed E-state index contributed by atoms with van der Waals surface area (Å²) in [5.41, 5.74) is 2.02. The van der Waals surface area contributed by atoms with Gasteiger partial charge in [-0.2, -0.15) is 0 Å². The second-order valence-electron chi connectivity index (χ2n) is 4.04. The van der Waals surface area contributed by atoms with Gasteiger partial charge in [0.25, 0.3) is 0 Å². The lowest BCUT2D eigenvalue weighted by molar-refractivity contribution is 0.319. The first-order chi connectivity index (χ1) is 8.83. The van der Waals surface area contributed by atoms with E-state index >= 15 is 0 Å². The van der Waals surface area contributed by atoms with Crippen molar-refractivity contribution in [2.75, 3.05) is 6.61 Å². The van der Waals surface area contributed by atoms with E-state index in [1.807, 2.05) is 24.3 Å². The fraction of sp³-hybridized carbons (Fsp3) is 0.143. The van der Waals surface area contributed by atoms with E-state index in [1.165, 1.54) is 0 Å². The largest absolute Gasteiger partial charge is 0.475 e. The fourth-order valence-corrected chi connectivity index (χ4v) is 1.99. The molecule has 2 heterocycles. The van der Waals surface area contributed by atoms with Crippen LogP contribution in [0.5, 0.6) is 0 Å². The zero-order chi connectivity index (χ0) is 12.4. The first-order valence-corrected chi connectivity index (χ1v) is 6.08. The second kappa shape index (κ2) is 4.78. The Morgan fingerprint density at radius 2 is 1.94 bits per heavy atom. The number of aromatic nitrogens is 1. The number of nitrogens with zero attached hydrogens (tertiary/aromatic N) is 2. The highest BCUT2D eigenvalue weighted by Crippen LogP contribution is 2.24. The maximum Gasteiger partial charge on any atom is 0.218 e. The molecule has 0 saturated heterocycles. The average Bonchev–Trinajstić information content (AvgIpc) is 2.90. The van der Waals surface area contributed by atoms with Crippen molar-refractivity contribution in [2.45, 2.75) is 6.04 Å². The molecule has 0 unspecified atom stereocenters. The maximum absolute atomic E-state index is 5.75. The number of benzene rings is 1. The molecule has 4 heteroatoms. The van der Waals surface area contributed by atoms with E-state index in [0.29, 0.717) is 17.7 Å². The molecule has 0 fully saturated rings. The first-order valence-electron chi connectivity index (χ1n) is 5.70. The molecule has 3 nitrogen and oxygen atoms in total. The van der Waals surface area contributed by atoms with Crippen molar-refractivity contribution in [3.8, 4) is 0 Å². The summed E-state index contributed by atoms with van der Waals surface area (Å²) in [6.45, 7) is 0.571. The Morgan fingerprint density at radius 3 is 2.67 bits per heavy atom. The minimum atomic E-state index is 0.0666. The Morgan fingerprint density at radius 1 is 1.11 bits per heavy atom. The second-order valence-corrected chi connectivity index (χ2v) is 4.43. The van der Waals surface area contributed by atoms with Crippen molar-refractivity contribution in [1.82, 2.24) is 4.98 Å². The quantitative estimate of drug-likeness (QED) is 0.775. The van der Waals surface area contributed by atoms with Gasteiger partial charge in [-0.05, 0) is 17.7 Å². The molecule has 90 valence electrons. The predicted molar refractivity (Wildman–Crippen MR) is 70.9 cm³/mol. The van der Waals surface area contributed by atoms with Crippen molar-refractivity contribution in [2.24, 2.45) is 4.99 Å². The van der Waals surface area contributed by atoms with Gasteiger partial charge in [0.05, 0.1) is 5.56 Å². The van der Waals surface area contributed by atoms with Crippen LogP contribution in [0.1, 0.15) is 17.2 Å². The molecule has 1 atom stereocenters. The molecule has 1 aliphatic heterocycles. The summed E-state index contributed by atoms with van der Waals surface area (Å²) < 4.78 is 5.61. The van der Waals surface area contributed by atoms with Crippen LogP contribution in [0.3, 0.4) is 0 Å². The zero-order valence-electron chi connectivity index (χ0n) is 9.58. The number of rotatable bonds is 2. The molecule has 1 aromatic heterocycles. The number of ether oxygens (including phenoxy) is 1. The molecule has 18 heavy (non-hydrogen) atoms. The van der Waals surface area contributed by atoms with Crippen molar-refractivity contribution in [3.05, 3.63) is 64.9 Å². The molecule has 1 aromatic carbocycles. The van der Waals surface area contributed by atoms with E-state index in [1.54, 1.807) is 12.3 Å². The van der Waals surface area contributed by atoms with Gasteiger partial charge in [0, 0.05) is 6.20 Å². The molecule has 0 aliphatic carbocycles. The van der Waals surface area contributed by atoms with Crippen molar-refractivity contribution in [1.29, 1.82) is 0 Å². The Labute approximate surface area is 110 Å². The third kappa shape index (κ3) is 2.22. The van der Waals surface area contributed by atoms with E-state index in [2.05, 4.69) is 22.1 Å². The molecule has 0 N–H and O–H groups in total. The number of hydrogen-bond acceptors (Lipinski definition) is 3. The number of hydrogen-bond donors (Lipinski definition) is 0. The van der Waals surface area contributed by atoms with Gasteiger partial charge in [0.15, 0.2) is 0 Å². The van der Waals surface area contributed by atoms with Gasteiger partial charge in [-0.1, -0.05) is 41.9 Å². The van der Waals surface area contributed by atoms with E-state index < -0.39 is 0 Å². The minimum absolute atomic E-state index is 0.0666. The summed E-state index contributed by atoms with van der Waals surface area (Å²) in [4.78, 5) is 8.60. The van der Waals surface area contributed by atoms with E-state index in [-0.39, 0.29) is 6.04 Å². The zero-order valence-corrected chi connectivity index (χ0v) is 10.3. The van der Waals surface area contributed by atoms with Crippen LogP contribution in [0.15, 0.2) is 53.7 Å². The lowest BCUT2D eigenvalue weighted by atomic mass is 10.1. The Balaban J connectivity index is 1.86. The topological polar surface area (TPSA) is 34.5 Å². The number of halogens is 1. The van der Waals surface area contributed by atoms with E-state index in [0.717, 1.165) is 11.1 Å². The molecule has 3 rings (SSSR count). The third-order valence-corrected chi connectivity index (χ3v) is 3.03. The molecule has 0 saturated carbocycles. The smallest absolute Gasteiger partial charge is 0.218 e. The summed E-state index contributed by atoms with van der Waals surface area (Å²) in [5.74, 6) is 0.632. The summed E-state index contributed by atoms with van der Waals surface area (Å²) in [6.07, 6.45) is 1.68. The first kappa shape index (κ1) is 11.2. The molecular weight excluding hydrogens is 248 g/mol. The molecule has 2 aromatic rings. The van der Waals surface area contributed by atoms with Gasteiger partial charge in [0.2, 0.25) is 5.90 Å². The van der Waals surface area contributed by atoms with Gasteiger partial charge in [0.1, 0.15) is 17.8 Å². The maximum atomic E-state index is 5.75. The van der Waals surface area contributed by atoms with Crippen molar-refractivity contribution >= 4 is 17.5 Å². The van der Waals surface area contributed by atoms with Crippen molar-refractivity contribution < 1.29 is 4.74 Å². The van der Waals surface area contributed by atoms with Gasteiger partial charge < -0.3 is 4.74 Å². The molecule has 0 spiro atoms. The summed E-state index contributed by atoms with van der Waals surface area (Å²) in [5, 5.41) is 0.469. The molecule has 0 amide bonds. The van der Waals surface area contributed by atoms with Crippen LogP contribution in [-0.4, -0.2) is 17.5 Å². The number of pyridine rings is 1. The molecule has 0 bridgehead atoms. The van der Waals surface area contributed by atoms with Crippen LogP contribution in [0, 0.1) is 0 Å². The monoisotopic (exact) mass is 258 g/mol. The van der Waals surface area contributed by atoms with Crippen LogP contribution in [-0.2, 0) is 4.74 Å². The summed E-state index contributed by atoms with van der Waals surface area (Å²) in [6, 6.07) is 13.8. The lowest BCUT2D eigenvalue weighted by Gasteiger charge is -2.03. The van der Waals surface area contributed by atoms with Crippen LogP contribution >= 0.6 is 11.6 Å². The highest BCUT2D eigenvalue weighted by atomic mass is 35.5. The van der Waals surface area contributed by atoms with Crippen LogP contribution in [0.2, 0.25) is 5.15 Å². The third-order valence-electron chi connectivity index (χ3n) is 2.81. The van der Waals surface area contributed by atoms with Crippen LogP contribution < -0.4 is 0 Å². The fourth-order valence-electron chi connectivity index (χ4n) is 1.88. The molecule has 0 radical (unpaired) electrons. The average molecular weight is 259 g/mol. The Kier molecular flexibility index (Phi) is 2.99. The standard InChI is InChI=1S/C14H11ClN2O/c15-13-7-6-11(8-16-13)14-17-12(9-18-14)10-4-2-1-3-5-10/h1-8,12H,9H2/t12-/m1/s1. The van der Waals surface area contributed by atoms with Gasteiger partial charge >= 0.3 is 0 Å².